The van der Waals surface area contributed by atoms with Crippen LogP contribution >= 0.6 is 23.5 Å². The van der Waals surface area contributed by atoms with E-state index in [1.807, 2.05) is 45.9 Å². The van der Waals surface area contributed by atoms with Gasteiger partial charge in [-0.15, -0.1) is 0 Å². The number of hydrogen-bond acceptors (Lipinski definition) is 7. The first-order valence-electron chi connectivity index (χ1n) is 14.9. The summed E-state index contributed by atoms with van der Waals surface area (Å²) in [5.74, 6) is 0.826. The van der Waals surface area contributed by atoms with Crippen molar-refractivity contribution < 1.29 is 24.0 Å². The highest BCUT2D eigenvalue weighted by Gasteiger charge is 2.34. The molecule has 0 aromatic heterocycles. The molecular formula is C31H51N5O5S2. The van der Waals surface area contributed by atoms with E-state index in [2.05, 4.69) is 22.0 Å². The third-order valence-electron chi connectivity index (χ3n) is 6.99. The highest BCUT2D eigenvalue weighted by atomic mass is 32.2. The van der Waals surface area contributed by atoms with Crippen LogP contribution in [-0.2, 0) is 35.5 Å². The summed E-state index contributed by atoms with van der Waals surface area (Å²) in [6, 6.07) is 6.50. The van der Waals surface area contributed by atoms with Crippen LogP contribution in [0.3, 0.4) is 0 Å². The third-order valence-corrected chi connectivity index (χ3v) is 9.05. The van der Waals surface area contributed by atoms with Gasteiger partial charge < -0.3 is 27.4 Å². The SMILES string of the molecule is CC[C@H](C)[C@H](NC(=O)[C@H](CCC(C)C)NC(=O)C(C)(C)NC(=O)CCSCc1cccc(CSCCC(N)=O)c1)C(N)=O. The number of benzene rings is 1. The molecule has 0 aliphatic rings. The highest BCUT2D eigenvalue weighted by molar-refractivity contribution is 7.98. The maximum atomic E-state index is 13.2. The first kappa shape index (κ1) is 38.3. The summed E-state index contributed by atoms with van der Waals surface area (Å²) in [6.07, 6.45) is 2.32. The van der Waals surface area contributed by atoms with E-state index in [9.17, 15) is 24.0 Å². The lowest BCUT2D eigenvalue weighted by Crippen LogP contribution is -2.60. The van der Waals surface area contributed by atoms with Crippen LogP contribution < -0.4 is 27.4 Å². The van der Waals surface area contributed by atoms with Crippen LogP contribution in [0.1, 0.15) is 84.8 Å². The Hall–Kier alpha value is -2.73. The second-order valence-corrected chi connectivity index (χ2v) is 14.0. The van der Waals surface area contributed by atoms with Gasteiger partial charge in [0.15, 0.2) is 0 Å². The molecular weight excluding hydrogens is 587 g/mol. The van der Waals surface area contributed by atoms with E-state index in [1.54, 1.807) is 37.4 Å². The number of nitrogens with one attached hydrogen (secondary N) is 3. The van der Waals surface area contributed by atoms with E-state index < -0.39 is 35.3 Å². The van der Waals surface area contributed by atoms with Crippen LogP contribution in [-0.4, -0.2) is 58.7 Å². The van der Waals surface area contributed by atoms with Gasteiger partial charge in [0.1, 0.15) is 17.6 Å². The molecule has 1 aromatic carbocycles. The molecule has 242 valence electrons. The van der Waals surface area contributed by atoms with Crippen molar-refractivity contribution in [1.29, 1.82) is 0 Å². The van der Waals surface area contributed by atoms with Gasteiger partial charge >= 0.3 is 0 Å². The molecule has 0 unspecified atom stereocenters. The van der Waals surface area contributed by atoms with Crippen molar-refractivity contribution in [2.75, 3.05) is 11.5 Å². The predicted octanol–water partition coefficient (Wildman–Crippen LogP) is 3.25. The van der Waals surface area contributed by atoms with Crippen molar-refractivity contribution in [2.24, 2.45) is 23.3 Å². The summed E-state index contributed by atoms with van der Waals surface area (Å²) in [4.78, 5) is 61.9. The van der Waals surface area contributed by atoms with E-state index in [4.69, 9.17) is 11.5 Å². The quantitative estimate of drug-likeness (QED) is 0.129. The van der Waals surface area contributed by atoms with Gasteiger partial charge in [-0.3, -0.25) is 24.0 Å². The minimum absolute atomic E-state index is 0.154. The van der Waals surface area contributed by atoms with Crippen molar-refractivity contribution >= 4 is 53.1 Å². The maximum Gasteiger partial charge on any atom is 0.245 e. The molecule has 5 amide bonds. The van der Waals surface area contributed by atoms with Gasteiger partial charge in [-0.25, -0.2) is 0 Å². The fraction of sp³-hybridized carbons (Fsp3) is 0.645. The summed E-state index contributed by atoms with van der Waals surface area (Å²) in [6.45, 7) is 11.0. The Morgan fingerprint density at radius 1 is 0.884 bits per heavy atom. The monoisotopic (exact) mass is 637 g/mol. The Labute approximate surface area is 265 Å². The van der Waals surface area contributed by atoms with Gasteiger partial charge in [-0.2, -0.15) is 23.5 Å². The number of primary amides is 2. The van der Waals surface area contributed by atoms with Crippen LogP contribution in [0.5, 0.6) is 0 Å². The largest absolute Gasteiger partial charge is 0.370 e. The lowest BCUT2D eigenvalue weighted by atomic mass is 9.96. The topological polar surface area (TPSA) is 173 Å². The molecule has 12 heteroatoms. The van der Waals surface area contributed by atoms with E-state index >= 15 is 0 Å². The number of amides is 5. The van der Waals surface area contributed by atoms with Gasteiger partial charge in [-0.1, -0.05) is 58.4 Å². The second kappa shape index (κ2) is 19.5. The minimum Gasteiger partial charge on any atom is -0.370 e. The molecule has 0 saturated carbocycles. The van der Waals surface area contributed by atoms with Crippen molar-refractivity contribution in [3.63, 3.8) is 0 Å². The summed E-state index contributed by atoms with van der Waals surface area (Å²) in [5.41, 5.74) is 11.8. The van der Waals surface area contributed by atoms with Gasteiger partial charge in [0.25, 0.3) is 0 Å². The second-order valence-electron chi connectivity index (χ2n) is 11.8. The molecule has 0 heterocycles. The molecule has 0 bridgehead atoms. The molecule has 0 saturated heterocycles. The fourth-order valence-corrected chi connectivity index (χ4v) is 5.88. The molecule has 0 fully saturated rings. The number of hydrogen-bond donors (Lipinski definition) is 5. The molecule has 0 aliphatic heterocycles. The van der Waals surface area contributed by atoms with Gasteiger partial charge in [0.2, 0.25) is 29.5 Å². The molecule has 43 heavy (non-hydrogen) atoms. The zero-order chi connectivity index (χ0) is 32.6. The third kappa shape index (κ3) is 15.5. The maximum absolute atomic E-state index is 13.2. The molecule has 1 aromatic rings. The molecule has 7 N–H and O–H groups in total. The van der Waals surface area contributed by atoms with Gasteiger partial charge in [0.05, 0.1) is 0 Å². The van der Waals surface area contributed by atoms with E-state index in [1.165, 1.54) is 5.56 Å². The zero-order valence-electron chi connectivity index (χ0n) is 26.5. The van der Waals surface area contributed by atoms with E-state index in [0.717, 1.165) is 17.1 Å². The lowest BCUT2D eigenvalue weighted by molar-refractivity contribution is -0.136. The van der Waals surface area contributed by atoms with Crippen molar-refractivity contribution in [1.82, 2.24) is 16.0 Å². The highest BCUT2D eigenvalue weighted by Crippen LogP contribution is 2.19. The van der Waals surface area contributed by atoms with Crippen LogP contribution in [0.25, 0.3) is 0 Å². The van der Waals surface area contributed by atoms with Gasteiger partial charge in [0, 0.05) is 35.9 Å². The minimum atomic E-state index is -1.25. The number of carbonyl (C=O) groups is 5. The predicted molar refractivity (Wildman–Crippen MR) is 176 cm³/mol. The molecule has 0 spiro atoms. The average molecular weight is 638 g/mol. The number of nitrogens with two attached hydrogens (primary N) is 2. The molecule has 1 rings (SSSR count). The number of carbonyl (C=O) groups excluding carboxylic acids is 5. The number of rotatable bonds is 21. The fourth-order valence-electron chi connectivity index (χ4n) is 4.09. The number of thioether (sulfide) groups is 2. The van der Waals surface area contributed by atoms with Crippen LogP contribution in [0, 0.1) is 11.8 Å². The average Bonchev–Trinajstić information content (AvgIpc) is 2.93. The standard InChI is InChI=1S/C31H51N5O5S2/c1-7-21(4)27(28(33)39)35-29(40)24(12-11-20(2)3)34-30(41)31(5,6)36-26(38)14-16-43-19-23-10-8-9-22(17-23)18-42-15-13-25(32)37/h8-10,17,20-21,24,27H,7,11-16,18-19H2,1-6H3,(H2,32,37)(H2,33,39)(H,34,41)(H,35,40)(H,36,38)/t21-,24-,27-/m0/s1. The summed E-state index contributed by atoms with van der Waals surface area (Å²) in [5, 5.41) is 8.30. The van der Waals surface area contributed by atoms with Crippen molar-refractivity contribution in [2.45, 2.75) is 103 Å². The molecule has 0 radical (unpaired) electrons. The Bertz CT molecular complexity index is 1080. The Morgan fingerprint density at radius 2 is 1.47 bits per heavy atom. The van der Waals surface area contributed by atoms with E-state index in [0.29, 0.717) is 43.1 Å². The molecule has 0 aliphatic carbocycles. The Kier molecular flexibility index (Phi) is 17.4. The zero-order valence-corrected chi connectivity index (χ0v) is 28.1. The van der Waals surface area contributed by atoms with Crippen molar-refractivity contribution in [3.8, 4) is 0 Å². The lowest BCUT2D eigenvalue weighted by Gasteiger charge is -2.30. The summed E-state index contributed by atoms with van der Waals surface area (Å²) in [7, 11) is 0. The van der Waals surface area contributed by atoms with Crippen molar-refractivity contribution in [3.05, 3.63) is 35.4 Å². The summed E-state index contributed by atoms with van der Waals surface area (Å²) >= 11 is 3.29. The Morgan fingerprint density at radius 3 is 1.98 bits per heavy atom. The van der Waals surface area contributed by atoms with Crippen LogP contribution in [0.15, 0.2) is 24.3 Å². The first-order chi connectivity index (χ1) is 20.2. The summed E-state index contributed by atoms with van der Waals surface area (Å²) < 4.78 is 0. The van der Waals surface area contributed by atoms with Gasteiger partial charge in [-0.05, 0) is 49.7 Å². The normalized spacial score (nSPS) is 13.6. The molecule has 3 atom stereocenters. The van der Waals surface area contributed by atoms with Crippen LogP contribution in [0.4, 0.5) is 0 Å². The Balaban J connectivity index is 2.65. The first-order valence-corrected chi connectivity index (χ1v) is 17.2. The van der Waals surface area contributed by atoms with E-state index in [-0.39, 0.29) is 24.2 Å². The molecule has 10 nitrogen and oxygen atoms in total. The smallest absolute Gasteiger partial charge is 0.245 e. The van der Waals surface area contributed by atoms with Crippen LogP contribution in [0.2, 0.25) is 0 Å².